The highest BCUT2D eigenvalue weighted by atomic mass is 16.4. The van der Waals surface area contributed by atoms with Crippen LogP contribution in [-0.4, -0.2) is 16.9 Å². The highest BCUT2D eigenvalue weighted by Crippen LogP contribution is 2.09. The van der Waals surface area contributed by atoms with Gasteiger partial charge in [-0.2, -0.15) is 0 Å². The van der Waals surface area contributed by atoms with Gasteiger partial charge in [0.25, 0.3) is 0 Å². The standard InChI is InChI=1S/C10H11NO3/c11-8-3-1-2-7(6-8)9(12)4-5-10(13)14/h1-3,6H,4-5,11H2,(H,13,14). The second-order valence-corrected chi connectivity index (χ2v) is 2.94. The summed E-state index contributed by atoms with van der Waals surface area (Å²) >= 11 is 0. The molecule has 0 aliphatic carbocycles. The summed E-state index contributed by atoms with van der Waals surface area (Å²) in [6.45, 7) is 0. The van der Waals surface area contributed by atoms with Gasteiger partial charge < -0.3 is 10.8 Å². The molecule has 0 radical (unpaired) electrons. The van der Waals surface area contributed by atoms with Gasteiger partial charge in [-0.25, -0.2) is 0 Å². The van der Waals surface area contributed by atoms with Gasteiger partial charge in [-0.3, -0.25) is 9.59 Å². The van der Waals surface area contributed by atoms with Crippen LogP contribution in [0.5, 0.6) is 0 Å². The molecule has 1 rings (SSSR count). The zero-order chi connectivity index (χ0) is 10.6. The first kappa shape index (κ1) is 10.2. The van der Waals surface area contributed by atoms with Gasteiger partial charge in [-0.1, -0.05) is 12.1 Å². The van der Waals surface area contributed by atoms with E-state index in [4.69, 9.17) is 10.8 Å². The number of carboxylic acids is 1. The molecule has 0 unspecified atom stereocenters. The first-order valence-corrected chi connectivity index (χ1v) is 4.20. The number of hydrogen-bond acceptors (Lipinski definition) is 3. The average molecular weight is 193 g/mol. The maximum absolute atomic E-state index is 11.4. The number of carboxylic acid groups (broad SMARTS) is 1. The summed E-state index contributed by atoms with van der Waals surface area (Å²) in [6.07, 6.45) is -0.133. The smallest absolute Gasteiger partial charge is 0.303 e. The topological polar surface area (TPSA) is 80.4 Å². The summed E-state index contributed by atoms with van der Waals surface area (Å²) in [6, 6.07) is 6.52. The van der Waals surface area contributed by atoms with Gasteiger partial charge in [0.05, 0.1) is 6.42 Å². The number of Topliss-reactive ketones (excluding diaryl/α,β-unsaturated/α-hetero) is 1. The molecule has 0 heterocycles. The number of nitrogen functional groups attached to an aromatic ring is 1. The lowest BCUT2D eigenvalue weighted by Gasteiger charge is -1.99. The van der Waals surface area contributed by atoms with E-state index in [0.29, 0.717) is 11.3 Å². The summed E-state index contributed by atoms with van der Waals surface area (Å²) in [7, 11) is 0. The van der Waals surface area contributed by atoms with Gasteiger partial charge in [-0.15, -0.1) is 0 Å². The fourth-order valence-corrected chi connectivity index (χ4v) is 1.08. The van der Waals surface area contributed by atoms with Gasteiger partial charge in [0, 0.05) is 17.7 Å². The Kier molecular flexibility index (Phi) is 3.23. The number of rotatable bonds is 4. The molecule has 0 aliphatic rings. The monoisotopic (exact) mass is 193 g/mol. The quantitative estimate of drug-likeness (QED) is 0.558. The first-order chi connectivity index (χ1) is 6.59. The SMILES string of the molecule is Nc1cccc(C(=O)CCC(=O)O)c1. The lowest BCUT2D eigenvalue weighted by molar-refractivity contribution is -0.136. The van der Waals surface area contributed by atoms with Crippen LogP contribution in [0.25, 0.3) is 0 Å². The third kappa shape index (κ3) is 2.90. The second kappa shape index (κ2) is 4.41. The second-order valence-electron chi connectivity index (χ2n) is 2.94. The number of anilines is 1. The number of nitrogens with two attached hydrogens (primary N) is 1. The predicted octanol–water partition coefficient (Wildman–Crippen LogP) is 1.32. The van der Waals surface area contributed by atoms with E-state index in [-0.39, 0.29) is 18.6 Å². The van der Waals surface area contributed by atoms with Crippen molar-refractivity contribution < 1.29 is 14.7 Å². The van der Waals surface area contributed by atoms with E-state index in [1.165, 1.54) is 0 Å². The van der Waals surface area contributed by atoms with Crippen molar-refractivity contribution >= 4 is 17.4 Å². The van der Waals surface area contributed by atoms with Crippen molar-refractivity contribution in [1.29, 1.82) is 0 Å². The van der Waals surface area contributed by atoms with E-state index in [9.17, 15) is 9.59 Å². The number of benzene rings is 1. The maximum atomic E-state index is 11.4. The van der Waals surface area contributed by atoms with Crippen molar-refractivity contribution in [3.63, 3.8) is 0 Å². The molecule has 74 valence electrons. The van der Waals surface area contributed by atoms with Gasteiger partial charge in [0.2, 0.25) is 0 Å². The molecule has 1 aromatic rings. The molecule has 0 bridgehead atoms. The lowest BCUT2D eigenvalue weighted by atomic mass is 10.1. The van der Waals surface area contributed by atoms with Crippen molar-refractivity contribution in [3.05, 3.63) is 29.8 Å². The van der Waals surface area contributed by atoms with Gasteiger partial charge in [0.1, 0.15) is 0 Å². The summed E-state index contributed by atoms with van der Waals surface area (Å²) in [5, 5.41) is 8.39. The van der Waals surface area contributed by atoms with Gasteiger partial charge in [0.15, 0.2) is 5.78 Å². The van der Waals surface area contributed by atoms with Crippen LogP contribution in [0.1, 0.15) is 23.2 Å². The predicted molar refractivity (Wildman–Crippen MR) is 52.1 cm³/mol. The van der Waals surface area contributed by atoms with Crippen LogP contribution in [0.2, 0.25) is 0 Å². The zero-order valence-corrected chi connectivity index (χ0v) is 7.56. The minimum atomic E-state index is -0.970. The Morgan fingerprint density at radius 1 is 1.29 bits per heavy atom. The molecule has 1 aromatic carbocycles. The van der Waals surface area contributed by atoms with Crippen LogP contribution in [0.4, 0.5) is 5.69 Å². The summed E-state index contributed by atoms with van der Waals surface area (Å²) < 4.78 is 0. The van der Waals surface area contributed by atoms with Gasteiger partial charge >= 0.3 is 5.97 Å². The van der Waals surface area contributed by atoms with Crippen molar-refractivity contribution in [2.75, 3.05) is 5.73 Å². The molecule has 4 nitrogen and oxygen atoms in total. The lowest BCUT2D eigenvalue weighted by Crippen LogP contribution is -2.04. The molecule has 14 heavy (non-hydrogen) atoms. The molecule has 0 aromatic heterocycles. The van der Waals surface area contributed by atoms with Crippen LogP contribution in [0.15, 0.2) is 24.3 Å². The Morgan fingerprint density at radius 2 is 2.00 bits per heavy atom. The Labute approximate surface area is 81.3 Å². The average Bonchev–Trinajstić information content (AvgIpc) is 2.14. The molecular weight excluding hydrogens is 182 g/mol. The molecule has 0 amide bonds. The van der Waals surface area contributed by atoms with E-state index >= 15 is 0 Å². The minimum absolute atomic E-state index is 0.0127. The molecular formula is C10H11NO3. The molecule has 0 saturated carbocycles. The normalized spacial score (nSPS) is 9.71. The fourth-order valence-electron chi connectivity index (χ4n) is 1.08. The number of carbonyl (C=O) groups excluding carboxylic acids is 1. The van der Waals surface area contributed by atoms with E-state index in [0.717, 1.165) is 0 Å². The van der Waals surface area contributed by atoms with Crippen LogP contribution >= 0.6 is 0 Å². The summed E-state index contributed by atoms with van der Waals surface area (Å²) in [5.74, 6) is -1.16. The third-order valence-electron chi connectivity index (χ3n) is 1.77. The molecule has 0 fully saturated rings. The minimum Gasteiger partial charge on any atom is -0.481 e. The van der Waals surface area contributed by atoms with Crippen LogP contribution in [-0.2, 0) is 4.79 Å². The molecule has 0 atom stereocenters. The molecule has 0 saturated heterocycles. The van der Waals surface area contributed by atoms with E-state index in [1.54, 1.807) is 24.3 Å². The van der Waals surface area contributed by atoms with E-state index in [2.05, 4.69) is 0 Å². The van der Waals surface area contributed by atoms with Crippen molar-refractivity contribution in [1.82, 2.24) is 0 Å². The van der Waals surface area contributed by atoms with Crippen LogP contribution in [0, 0.1) is 0 Å². The highest BCUT2D eigenvalue weighted by Gasteiger charge is 2.07. The van der Waals surface area contributed by atoms with Crippen molar-refractivity contribution in [2.45, 2.75) is 12.8 Å². The Bertz CT molecular complexity index is 360. The number of hydrogen-bond donors (Lipinski definition) is 2. The number of ketones is 1. The fraction of sp³-hybridized carbons (Fsp3) is 0.200. The molecule has 4 heteroatoms. The largest absolute Gasteiger partial charge is 0.481 e. The molecule has 0 aliphatic heterocycles. The third-order valence-corrected chi connectivity index (χ3v) is 1.77. The maximum Gasteiger partial charge on any atom is 0.303 e. The van der Waals surface area contributed by atoms with Gasteiger partial charge in [-0.05, 0) is 12.1 Å². The number of aliphatic carboxylic acids is 1. The van der Waals surface area contributed by atoms with Crippen LogP contribution in [0.3, 0.4) is 0 Å². The van der Waals surface area contributed by atoms with E-state index in [1.807, 2.05) is 0 Å². The van der Waals surface area contributed by atoms with E-state index < -0.39 is 5.97 Å². The summed E-state index contributed by atoms with van der Waals surface area (Å²) in [4.78, 5) is 21.6. The molecule has 3 N–H and O–H groups in total. The highest BCUT2D eigenvalue weighted by molar-refractivity contribution is 5.98. The summed E-state index contributed by atoms with van der Waals surface area (Å²) in [5.41, 5.74) is 6.45. The first-order valence-electron chi connectivity index (χ1n) is 4.20. The zero-order valence-electron chi connectivity index (χ0n) is 7.56. The Balaban J connectivity index is 2.65. The van der Waals surface area contributed by atoms with Crippen molar-refractivity contribution in [3.8, 4) is 0 Å². The Hall–Kier alpha value is -1.84. The Morgan fingerprint density at radius 3 is 2.57 bits per heavy atom. The van der Waals surface area contributed by atoms with Crippen LogP contribution < -0.4 is 5.73 Å². The number of carbonyl (C=O) groups is 2. The molecule has 0 spiro atoms. The van der Waals surface area contributed by atoms with Crippen molar-refractivity contribution in [2.24, 2.45) is 0 Å².